The second kappa shape index (κ2) is 9.93. The molecule has 8 nitrogen and oxygen atoms in total. The molecule has 31 heavy (non-hydrogen) atoms. The third kappa shape index (κ3) is 5.05. The molecule has 0 fully saturated rings. The van der Waals surface area contributed by atoms with Crippen LogP contribution in [0.15, 0.2) is 53.6 Å². The van der Waals surface area contributed by atoms with Gasteiger partial charge in [-0.3, -0.25) is 8.99 Å². The predicted octanol–water partition coefficient (Wildman–Crippen LogP) is 3.37. The third-order valence-electron chi connectivity index (χ3n) is 5.14. The Bertz CT molecular complexity index is 1100. The summed E-state index contributed by atoms with van der Waals surface area (Å²) in [6.45, 7) is 7.99. The number of methoxy groups -OCH3 is 1. The largest absolute Gasteiger partial charge is 0.383 e. The number of ether oxygens (including phenoxy) is 1. The van der Waals surface area contributed by atoms with E-state index < -0.39 is 10.0 Å². The molecule has 0 atom stereocenters. The van der Waals surface area contributed by atoms with Crippen LogP contribution in [0.2, 0.25) is 0 Å². The van der Waals surface area contributed by atoms with Crippen LogP contribution >= 0.6 is 0 Å². The Morgan fingerprint density at radius 1 is 1.13 bits per heavy atom. The molecular weight excluding hydrogens is 414 g/mol. The van der Waals surface area contributed by atoms with Gasteiger partial charge in [0.1, 0.15) is 10.7 Å². The number of nitrogens with one attached hydrogen (secondary N) is 1. The van der Waals surface area contributed by atoms with E-state index in [0.29, 0.717) is 37.7 Å². The van der Waals surface area contributed by atoms with Crippen LogP contribution in [0.3, 0.4) is 0 Å². The number of aromatic nitrogens is 3. The number of hydrogen-bond acceptors (Lipinski definition) is 6. The summed E-state index contributed by atoms with van der Waals surface area (Å²) in [7, 11) is -2.02. The molecular formula is C22H29N5O3S. The van der Waals surface area contributed by atoms with Crippen molar-refractivity contribution in [3.05, 3.63) is 65.6 Å². The van der Waals surface area contributed by atoms with Gasteiger partial charge < -0.3 is 10.1 Å². The maximum Gasteiger partial charge on any atom is 0.265 e. The summed E-state index contributed by atoms with van der Waals surface area (Å²) >= 11 is 0. The number of anilines is 2. The zero-order valence-electron chi connectivity index (χ0n) is 18.4. The monoisotopic (exact) mass is 443 g/mol. The number of benzene rings is 1. The average molecular weight is 444 g/mol. The van der Waals surface area contributed by atoms with Crippen LogP contribution in [0, 0.1) is 13.8 Å². The fraction of sp³-hybridized carbons (Fsp3) is 0.364. The first-order chi connectivity index (χ1) is 14.9. The minimum atomic E-state index is -3.69. The normalized spacial score (nSPS) is 11.5. The van der Waals surface area contributed by atoms with Gasteiger partial charge in [0.2, 0.25) is 0 Å². The zero-order valence-corrected chi connectivity index (χ0v) is 19.2. The summed E-state index contributed by atoms with van der Waals surface area (Å²) in [4.78, 5) is 4.48. The molecule has 0 aliphatic carbocycles. The summed E-state index contributed by atoms with van der Waals surface area (Å²) in [6, 6.07) is 12.3. The lowest BCUT2D eigenvalue weighted by atomic mass is 10.2. The molecule has 0 bridgehead atoms. The average Bonchev–Trinajstić information content (AvgIpc) is 3.04. The van der Waals surface area contributed by atoms with E-state index >= 15 is 0 Å². The van der Waals surface area contributed by atoms with Gasteiger partial charge in [-0.05, 0) is 45.0 Å². The summed E-state index contributed by atoms with van der Waals surface area (Å²) in [6.07, 6.45) is 1.39. The van der Waals surface area contributed by atoms with E-state index in [1.54, 1.807) is 31.4 Å². The molecule has 3 aromatic rings. The van der Waals surface area contributed by atoms with Crippen molar-refractivity contribution in [3.63, 3.8) is 0 Å². The van der Waals surface area contributed by atoms with Gasteiger partial charge in [-0.15, -0.1) is 0 Å². The number of rotatable bonds is 10. The molecule has 166 valence electrons. The van der Waals surface area contributed by atoms with Gasteiger partial charge in [0.05, 0.1) is 24.5 Å². The van der Waals surface area contributed by atoms with E-state index in [4.69, 9.17) is 4.74 Å². The van der Waals surface area contributed by atoms with Crippen LogP contribution in [0.5, 0.6) is 0 Å². The van der Waals surface area contributed by atoms with Gasteiger partial charge in [-0.2, -0.15) is 5.10 Å². The molecule has 0 saturated heterocycles. The Balaban J connectivity index is 1.73. The Morgan fingerprint density at radius 3 is 2.48 bits per heavy atom. The first kappa shape index (κ1) is 22.8. The van der Waals surface area contributed by atoms with Gasteiger partial charge in [-0.25, -0.2) is 13.4 Å². The number of nitrogens with zero attached hydrogens (tertiary/aromatic N) is 4. The molecule has 0 radical (unpaired) electrons. The van der Waals surface area contributed by atoms with Crippen LogP contribution in [-0.2, 0) is 27.8 Å². The molecule has 0 spiro atoms. The summed E-state index contributed by atoms with van der Waals surface area (Å²) < 4.78 is 34.6. The number of pyridine rings is 1. The van der Waals surface area contributed by atoms with Crippen LogP contribution in [0.1, 0.15) is 23.9 Å². The molecule has 3 rings (SSSR count). The lowest BCUT2D eigenvalue weighted by Crippen LogP contribution is -2.30. The summed E-state index contributed by atoms with van der Waals surface area (Å²) in [5.74, 6) is 0.602. The topological polar surface area (TPSA) is 89.4 Å². The van der Waals surface area contributed by atoms with Gasteiger partial charge in [0.25, 0.3) is 10.0 Å². The molecule has 0 amide bonds. The molecule has 0 saturated carbocycles. The summed E-state index contributed by atoms with van der Waals surface area (Å²) in [5.41, 5.74) is 3.74. The molecule has 2 heterocycles. The summed E-state index contributed by atoms with van der Waals surface area (Å²) in [5, 5.41) is 7.82. The Kier molecular flexibility index (Phi) is 7.29. The maximum absolute atomic E-state index is 13.1. The maximum atomic E-state index is 13.1. The fourth-order valence-electron chi connectivity index (χ4n) is 3.41. The molecule has 9 heteroatoms. The van der Waals surface area contributed by atoms with Crippen LogP contribution in [0.25, 0.3) is 0 Å². The smallest absolute Gasteiger partial charge is 0.265 e. The predicted molar refractivity (Wildman–Crippen MR) is 122 cm³/mol. The van der Waals surface area contributed by atoms with Crippen molar-refractivity contribution in [1.82, 2.24) is 14.8 Å². The minimum absolute atomic E-state index is 0.156. The second-order valence-corrected chi connectivity index (χ2v) is 8.97. The Morgan fingerprint density at radius 2 is 1.87 bits per heavy atom. The standard InChI is InChI=1S/C22H29N5O3S/c1-5-27(19-9-7-6-8-10-19)31(28,29)20-11-12-22(23-15-20)24-16-21-17(2)25-26(18(21)3)13-14-30-4/h6-12,15H,5,13-14,16H2,1-4H3,(H,23,24). The molecule has 0 unspecified atom stereocenters. The highest BCUT2D eigenvalue weighted by molar-refractivity contribution is 7.92. The Labute approximate surface area is 183 Å². The van der Waals surface area contributed by atoms with E-state index in [0.717, 1.165) is 17.0 Å². The van der Waals surface area contributed by atoms with E-state index in [1.165, 1.54) is 10.5 Å². The van der Waals surface area contributed by atoms with Gasteiger partial charge >= 0.3 is 0 Å². The van der Waals surface area contributed by atoms with Crippen molar-refractivity contribution in [2.75, 3.05) is 29.9 Å². The lowest BCUT2D eigenvalue weighted by Gasteiger charge is -2.22. The minimum Gasteiger partial charge on any atom is -0.383 e. The van der Waals surface area contributed by atoms with Crippen LogP contribution in [0.4, 0.5) is 11.5 Å². The van der Waals surface area contributed by atoms with Crippen molar-refractivity contribution in [3.8, 4) is 0 Å². The number of sulfonamides is 1. The molecule has 0 aliphatic rings. The SMILES string of the molecule is CCN(c1ccccc1)S(=O)(=O)c1ccc(NCc2c(C)nn(CCOC)c2C)nc1. The first-order valence-corrected chi connectivity index (χ1v) is 11.6. The second-order valence-electron chi connectivity index (χ2n) is 7.10. The van der Waals surface area contributed by atoms with Crippen molar-refractivity contribution in [1.29, 1.82) is 0 Å². The van der Waals surface area contributed by atoms with Crippen molar-refractivity contribution in [2.24, 2.45) is 0 Å². The molecule has 1 N–H and O–H groups in total. The Hall–Kier alpha value is -2.91. The fourth-order valence-corrected chi connectivity index (χ4v) is 4.83. The van der Waals surface area contributed by atoms with E-state index in [2.05, 4.69) is 15.4 Å². The molecule has 0 aliphatic heterocycles. The zero-order chi connectivity index (χ0) is 22.4. The van der Waals surface area contributed by atoms with Crippen molar-refractivity contribution < 1.29 is 13.2 Å². The van der Waals surface area contributed by atoms with Crippen molar-refractivity contribution in [2.45, 2.75) is 38.8 Å². The van der Waals surface area contributed by atoms with Gasteiger partial charge in [-0.1, -0.05) is 18.2 Å². The number of hydrogen-bond donors (Lipinski definition) is 1. The number of aryl methyl sites for hydroxylation is 1. The third-order valence-corrected chi connectivity index (χ3v) is 7.03. The quantitative estimate of drug-likeness (QED) is 0.517. The first-order valence-electron chi connectivity index (χ1n) is 10.2. The van der Waals surface area contributed by atoms with Gasteiger partial charge in [0, 0.05) is 37.7 Å². The van der Waals surface area contributed by atoms with E-state index in [9.17, 15) is 8.42 Å². The molecule has 2 aromatic heterocycles. The molecule has 1 aromatic carbocycles. The van der Waals surface area contributed by atoms with E-state index in [1.807, 2.05) is 43.7 Å². The van der Waals surface area contributed by atoms with Gasteiger partial charge in [0.15, 0.2) is 0 Å². The van der Waals surface area contributed by atoms with Crippen LogP contribution < -0.4 is 9.62 Å². The van der Waals surface area contributed by atoms with Crippen LogP contribution in [-0.4, -0.2) is 43.4 Å². The highest BCUT2D eigenvalue weighted by Crippen LogP contribution is 2.23. The number of para-hydroxylation sites is 1. The van der Waals surface area contributed by atoms with E-state index in [-0.39, 0.29) is 4.90 Å². The highest BCUT2D eigenvalue weighted by atomic mass is 32.2. The van der Waals surface area contributed by atoms with Crippen molar-refractivity contribution >= 4 is 21.5 Å². The lowest BCUT2D eigenvalue weighted by molar-refractivity contribution is 0.182. The highest BCUT2D eigenvalue weighted by Gasteiger charge is 2.23.